The lowest BCUT2D eigenvalue weighted by Crippen LogP contribution is -2.23. The number of thiophene rings is 1. The largest absolute Gasteiger partial charge is 0.309 e. The zero-order valence-corrected chi connectivity index (χ0v) is 12.5. The van der Waals surface area contributed by atoms with E-state index in [9.17, 15) is 0 Å². The second kappa shape index (κ2) is 6.97. The fourth-order valence-corrected chi connectivity index (χ4v) is 3.49. The van der Waals surface area contributed by atoms with Gasteiger partial charge in [0.2, 0.25) is 0 Å². The van der Waals surface area contributed by atoms with Crippen molar-refractivity contribution in [3.8, 4) is 0 Å². The van der Waals surface area contributed by atoms with E-state index in [1.54, 1.807) is 11.3 Å². The molecule has 0 aliphatic carbocycles. The molecule has 1 atom stereocenters. The number of likely N-dealkylation sites (N-methyl/N-ethyl adjacent to an activating group) is 1. The van der Waals surface area contributed by atoms with Crippen LogP contribution in [0.15, 0.2) is 16.8 Å². The molecule has 2 rings (SSSR count). The van der Waals surface area contributed by atoms with Crippen LogP contribution in [0.2, 0.25) is 0 Å². The van der Waals surface area contributed by atoms with Crippen LogP contribution < -0.4 is 5.32 Å². The van der Waals surface area contributed by atoms with Gasteiger partial charge in [-0.15, -0.1) is 5.10 Å². The van der Waals surface area contributed by atoms with Crippen LogP contribution in [0.25, 0.3) is 0 Å². The molecule has 2 aromatic rings. The van der Waals surface area contributed by atoms with E-state index in [0.717, 1.165) is 25.8 Å². The molecule has 0 aromatic carbocycles. The molecule has 0 aliphatic heterocycles. The quantitative estimate of drug-likeness (QED) is 0.844. The molecule has 98 valence electrons. The number of hydrogen-bond acceptors (Lipinski definition) is 5. The number of rotatable bonds is 7. The van der Waals surface area contributed by atoms with Gasteiger partial charge in [0.15, 0.2) is 0 Å². The fraction of sp³-hybridized carbons (Fsp3) is 0.538. The molecule has 5 heteroatoms. The van der Waals surface area contributed by atoms with Gasteiger partial charge in [0.1, 0.15) is 0 Å². The monoisotopic (exact) mass is 281 g/mol. The van der Waals surface area contributed by atoms with Crippen LogP contribution in [0, 0.1) is 0 Å². The van der Waals surface area contributed by atoms with E-state index in [0.29, 0.717) is 6.04 Å². The van der Waals surface area contributed by atoms with Gasteiger partial charge in [0.25, 0.3) is 0 Å². The van der Waals surface area contributed by atoms with Crippen molar-refractivity contribution in [3.05, 3.63) is 33.0 Å². The summed E-state index contributed by atoms with van der Waals surface area (Å²) in [5.74, 6) is 0. The first-order chi connectivity index (χ1) is 8.85. The van der Waals surface area contributed by atoms with Gasteiger partial charge >= 0.3 is 0 Å². The third-order valence-corrected chi connectivity index (χ3v) is 4.47. The molecular formula is C13H19N3S2. The molecule has 18 heavy (non-hydrogen) atoms. The minimum absolute atomic E-state index is 0.353. The lowest BCUT2D eigenvalue weighted by atomic mass is 10.0. The van der Waals surface area contributed by atoms with Crippen molar-refractivity contribution in [1.29, 1.82) is 0 Å². The van der Waals surface area contributed by atoms with E-state index in [2.05, 4.69) is 45.6 Å². The summed E-state index contributed by atoms with van der Waals surface area (Å²) in [5, 5.41) is 12.2. The normalized spacial score (nSPS) is 12.8. The van der Waals surface area contributed by atoms with Crippen molar-refractivity contribution in [2.45, 2.75) is 39.2 Å². The Hall–Kier alpha value is -0.780. The van der Waals surface area contributed by atoms with Crippen LogP contribution in [-0.4, -0.2) is 16.1 Å². The van der Waals surface area contributed by atoms with Crippen molar-refractivity contribution in [2.75, 3.05) is 6.54 Å². The Kier molecular flexibility index (Phi) is 5.28. The maximum atomic E-state index is 4.27. The Labute approximate surface area is 116 Å². The Morgan fingerprint density at radius 3 is 2.94 bits per heavy atom. The maximum Gasteiger partial charge on any atom is 0.0803 e. The summed E-state index contributed by atoms with van der Waals surface area (Å²) >= 11 is 3.29. The first-order valence-corrected chi connectivity index (χ1v) is 8.12. The SMILES string of the molecule is CCCc1nnsc1C(Cc1ccsc1)NCC. The highest BCUT2D eigenvalue weighted by Gasteiger charge is 2.18. The van der Waals surface area contributed by atoms with E-state index in [-0.39, 0.29) is 0 Å². The standard InChI is InChI=1S/C13H19N3S2/c1-3-5-11-13(18-16-15-11)12(14-4-2)8-10-6-7-17-9-10/h6-7,9,12,14H,3-5,8H2,1-2H3. The van der Waals surface area contributed by atoms with E-state index >= 15 is 0 Å². The van der Waals surface area contributed by atoms with Crippen LogP contribution in [-0.2, 0) is 12.8 Å². The third-order valence-electron chi connectivity index (χ3n) is 2.86. The lowest BCUT2D eigenvalue weighted by molar-refractivity contribution is 0.552. The van der Waals surface area contributed by atoms with Crippen LogP contribution in [0.1, 0.15) is 42.4 Å². The van der Waals surface area contributed by atoms with E-state index in [1.165, 1.54) is 27.7 Å². The van der Waals surface area contributed by atoms with Gasteiger partial charge in [-0.2, -0.15) is 11.3 Å². The summed E-state index contributed by atoms with van der Waals surface area (Å²) in [5.41, 5.74) is 2.56. The molecule has 2 aromatic heterocycles. The van der Waals surface area contributed by atoms with Gasteiger partial charge < -0.3 is 5.32 Å². The van der Waals surface area contributed by atoms with Gasteiger partial charge in [0, 0.05) is 6.04 Å². The van der Waals surface area contributed by atoms with Crippen molar-refractivity contribution >= 4 is 22.9 Å². The highest BCUT2D eigenvalue weighted by molar-refractivity contribution is 7.08. The molecular weight excluding hydrogens is 262 g/mol. The number of hydrogen-bond donors (Lipinski definition) is 1. The van der Waals surface area contributed by atoms with Crippen molar-refractivity contribution < 1.29 is 0 Å². The van der Waals surface area contributed by atoms with Gasteiger partial charge in [-0.1, -0.05) is 24.8 Å². The van der Waals surface area contributed by atoms with Crippen LogP contribution in [0.4, 0.5) is 0 Å². The molecule has 2 heterocycles. The zero-order chi connectivity index (χ0) is 12.8. The Morgan fingerprint density at radius 1 is 1.39 bits per heavy atom. The molecule has 0 aliphatic rings. The maximum absolute atomic E-state index is 4.27. The molecule has 1 N–H and O–H groups in total. The first-order valence-electron chi connectivity index (χ1n) is 6.40. The summed E-state index contributed by atoms with van der Waals surface area (Å²) in [7, 11) is 0. The molecule has 0 spiro atoms. The third kappa shape index (κ3) is 3.37. The fourth-order valence-electron chi connectivity index (χ4n) is 2.04. The average molecular weight is 281 g/mol. The van der Waals surface area contributed by atoms with Crippen LogP contribution >= 0.6 is 22.9 Å². The Bertz CT molecular complexity index is 451. The van der Waals surface area contributed by atoms with E-state index in [1.807, 2.05) is 0 Å². The molecule has 0 fully saturated rings. The molecule has 0 bridgehead atoms. The minimum Gasteiger partial charge on any atom is -0.309 e. The highest BCUT2D eigenvalue weighted by Crippen LogP contribution is 2.25. The van der Waals surface area contributed by atoms with E-state index in [4.69, 9.17) is 0 Å². The topological polar surface area (TPSA) is 37.8 Å². The summed E-state index contributed by atoms with van der Waals surface area (Å²) in [4.78, 5) is 1.31. The lowest BCUT2D eigenvalue weighted by Gasteiger charge is -2.16. The number of aromatic nitrogens is 2. The Balaban J connectivity index is 2.15. The predicted octanol–water partition coefficient (Wildman–Crippen LogP) is 3.45. The Morgan fingerprint density at radius 2 is 2.28 bits per heavy atom. The second-order valence-corrected chi connectivity index (χ2v) is 5.85. The molecule has 1 unspecified atom stereocenters. The van der Waals surface area contributed by atoms with Crippen LogP contribution in [0.5, 0.6) is 0 Å². The second-order valence-electron chi connectivity index (χ2n) is 4.28. The van der Waals surface area contributed by atoms with Gasteiger partial charge in [-0.3, -0.25) is 0 Å². The molecule has 3 nitrogen and oxygen atoms in total. The first kappa shape index (κ1) is 13.6. The smallest absolute Gasteiger partial charge is 0.0803 e. The highest BCUT2D eigenvalue weighted by atomic mass is 32.1. The summed E-state index contributed by atoms with van der Waals surface area (Å²) in [6, 6.07) is 2.55. The molecule has 0 saturated carbocycles. The number of nitrogens with zero attached hydrogens (tertiary/aromatic N) is 2. The summed E-state index contributed by atoms with van der Waals surface area (Å²) in [6.07, 6.45) is 3.17. The van der Waals surface area contributed by atoms with Crippen molar-refractivity contribution in [3.63, 3.8) is 0 Å². The average Bonchev–Trinajstić information content (AvgIpc) is 3.00. The summed E-state index contributed by atoms with van der Waals surface area (Å²) < 4.78 is 4.13. The molecule has 0 radical (unpaired) electrons. The van der Waals surface area contributed by atoms with E-state index < -0.39 is 0 Å². The zero-order valence-electron chi connectivity index (χ0n) is 10.8. The minimum atomic E-state index is 0.353. The number of aryl methyl sites for hydroxylation is 1. The van der Waals surface area contributed by atoms with Gasteiger partial charge in [0.05, 0.1) is 10.6 Å². The molecule has 0 amide bonds. The van der Waals surface area contributed by atoms with Gasteiger partial charge in [-0.25, -0.2) is 0 Å². The van der Waals surface area contributed by atoms with Crippen LogP contribution in [0.3, 0.4) is 0 Å². The number of nitrogens with one attached hydrogen (secondary N) is 1. The van der Waals surface area contributed by atoms with Crippen molar-refractivity contribution in [2.24, 2.45) is 0 Å². The predicted molar refractivity (Wildman–Crippen MR) is 78.3 cm³/mol. The van der Waals surface area contributed by atoms with Gasteiger partial charge in [-0.05, 0) is 53.3 Å². The molecule has 0 saturated heterocycles. The van der Waals surface area contributed by atoms with Crippen molar-refractivity contribution in [1.82, 2.24) is 14.9 Å². The summed E-state index contributed by atoms with van der Waals surface area (Å²) in [6.45, 7) is 5.30.